The van der Waals surface area contributed by atoms with Crippen LogP contribution in [0.1, 0.15) is 16.1 Å². The number of hydrogen-bond acceptors (Lipinski definition) is 7. The number of carbonyl (C=O) groups excluding carboxylic acids is 1. The highest BCUT2D eigenvalue weighted by Crippen LogP contribution is 2.21. The molecule has 0 bridgehead atoms. The Kier molecular flexibility index (Phi) is 6.43. The number of nitrogens with zero attached hydrogens (tertiary/aromatic N) is 6. The predicted octanol–water partition coefficient (Wildman–Crippen LogP) is 2.22. The van der Waals surface area contributed by atoms with Crippen LogP contribution in [0.5, 0.6) is 0 Å². The molecule has 2 fully saturated rings. The Morgan fingerprint density at radius 2 is 1.53 bits per heavy atom. The summed E-state index contributed by atoms with van der Waals surface area (Å²) in [7, 11) is 2.16. The maximum absolute atomic E-state index is 12.8. The van der Waals surface area contributed by atoms with Crippen molar-refractivity contribution in [3.05, 3.63) is 41.6 Å². The number of rotatable bonds is 4. The van der Waals surface area contributed by atoms with Crippen molar-refractivity contribution in [2.24, 2.45) is 0 Å². The van der Waals surface area contributed by atoms with Crippen LogP contribution in [0.3, 0.4) is 0 Å². The van der Waals surface area contributed by atoms with Crippen molar-refractivity contribution in [2.75, 3.05) is 75.5 Å². The fourth-order valence-corrected chi connectivity index (χ4v) is 4.31. The van der Waals surface area contributed by atoms with E-state index < -0.39 is 0 Å². The molecule has 0 saturated carbocycles. The van der Waals surface area contributed by atoms with Crippen molar-refractivity contribution in [1.29, 1.82) is 0 Å². The first kappa shape index (κ1) is 20.9. The number of anilines is 2. The Labute approximate surface area is 183 Å². The van der Waals surface area contributed by atoms with E-state index in [-0.39, 0.29) is 5.91 Å². The maximum Gasteiger partial charge on any atom is 0.253 e. The number of piperazine rings is 2. The summed E-state index contributed by atoms with van der Waals surface area (Å²) >= 11 is 1.68. The van der Waals surface area contributed by atoms with Gasteiger partial charge >= 0.3 is 0 Å². The first-order valence-corrected chi connectivity index (χ1v) is 11.7. The molecule has 30 heavy (non-hydrogen) atoms. The summed E-state index contributed by atoms with van der Waals surface area (Å²) in [5, 5.41) is 0. The molecule has 8 heteroatoms. The van der Waals surface area contributed by atoms with Crippen molar-refractivity contribution in [1.82, 2.24) is 19.8 Å². The Morgan fingerprint density at radius 3 is 2.17 bits per heavy atom. The van der Waals surface area contributed by atoms with Crippen LogP contribution in [0.15, 0.2) is 35.2 Å². The van der Waals surface area contributed by atoms with Crippen LogP contribution in [-0.4, -0.2) is 91.3 Å². The van der Waals surface area contributed by atoms with Crippen LogP contribution in [0.25, 0.3) is 0 Å². The van der Waals surface area contributed by atoms with E-state index in [2.05, 4.69) is 32.8 Å². The number of thioether (sulfide) groups is 1. The number of aryl methyl sites for hydroxylation is 1. The molecular weight excluding hydrogens is 396 g/mol. The second-order valence-electron chi connectivity index (χ2n) is 7.97. The largest absolute Gasteiger partial charge is 0.354 e. The van der Waals surface area contributed by atoms with Crippen molar-refractivity contribution in [3.8, 4) is 0 Å². The number of hydrogen-bond donors (Lipinski definition) is 0. The molecule has 3 heterocycles. The van der Waals surface area contributed by atoms with Crippen LogP contribution in [0, 0.1) is 6.92 Å². The fourth-order valence-electron chi connectivity index (χ4n) is 3.90. The van der Waals surface area contributed by atoms with Gasteiger partial charge < -0.3 is 19.6 Å². The molecule has 0 N–H and O–H groups in total. The van der Waals surface area contributed by atoms with Crippen LogP contribution < -0.4 is 9.80 Å². The molecule has 2 saturated heterocycles. The standard InChI is InChI=1S/C22H30N6OS/c1-17-16-20(26-10-8-25(2)9-11-26)24-22(23-17)28-14-12-27(13-15-28)21(29)18-4-6-19(30-3)7-5-18/h4-7,16H,8-15H2,1-3H3. The first-order chi connectivity index (χ1) is 14.5. The van der Waals surface area contributed by atoms with Crippen molar-refractivity contribution >= 4 is 29.4 Å². The Bertz CT molecular complexity index is 874. The van der Waals surface area contributed by atoms with Gasteiger partial charge in [-0.05, 0) is 44.5 Å². The lowest BCUT2D eigenvalue weighted by Crippen LogP contribution is -2.49. The van der Waals surface area contributed by atoms with Gasteiger partial charge in [-0.1, -0.05) is 0 Å². The molecular formula is C22H30N6OS. The van der Waals surface area contributed by atoms with Gasteiger partial charge in [0.25, 0.3) is 5.91 Å². The molecule has 0 atom stereocenters. The molecule has 2 aliphatic heterocycles. The van der Waals surface area contributed by atoms with Gasteiger partial charge in [-0.2, -0.15) is 4.98 Å². The highest BCUT2D eigenvalue weighted by Gasteiger charge is 2.25. The van der Waals surface area contributed by atoms with Crippen LogP contribution >= 0.6 is 11.8 Å². The van der Waals surface area contributed by atoms with E-state index in [0.717, 1.165) is 62.3 Å². The van der Waals surface area contributed by atoms with Crippen LogP contribution in [0.4, 0.5) is 11.8 Å². The van der Waals surface area contributed by atoms with Crippen molar-refractivity contribution in [3.63, 3.8) is 0 Å². The number of carbonyl (C=O) groups is 1. The van der Waals surface area contributed by atoms with E-state index in [0.29, 0.717) is 13.1 Å². The van der Waals surface area contributed by atoms with E-state index in [1.165, 1.54) is 4.90 Å². The smallest absolute Gasteiger partial charge is 0.253 e. The minimum Gasteiger partial charge on any atom is -0.354 e. The van der Waals surface area contributed by atoms with Gasteiger partial charge in [-0.25, -0.2) is 4.98 Å². The predicted molar refractivity (Wildman–Crippen MR) is 123 cm³/mol. The zero-order valence-corrected chi connectivity index (χ0v) is 18.9. The molecule has 0 spiro atoms. The SMILES string of the molecule is CSc1ccc(C(=O)N2CCN(c3nc(C)cc(N4CCN(C)CC4)n3)CC2)cc1. The number of benzene rings is 1. The zero-order chi connectivity index (χ0) is 21.1. The average Bonchev–Trinajstić information content (AvgIpc) is 2.79. The normalized spacial score (nSPS) is 18.0. The lowest BCUT2D eigenvalue weighted by atomic mass is 10.2. The fraction of sp³-hybridized carbons (Fsp3) is 0.500. The van der Waals surface area contributed by atoms with E-state index in [9.17, 15) is 4.79 Å². The average molecular weight is 427 g/mol. The monoisotopic (exact) mass is 426 g/mol. The topological polar surface area (TPSA) is 55.8 Å². The molecule has 4 rings (SSSR count). The van der Waals surface area contributed by atoms with Crippen LogP contribution in [0.2, 0.25) is 0 Å². The molecule has 2 aromatic rings. The van der Waals surface area contributed by atoms with Gasteiger partial charge in [0.15, 0.2) is 0 Å². The Hall–Kier alpha value is -2.32. The van der Waals surface area contributed by atoms with E-state index in [1.54, 1.807) is 11.8 Å². The van der Waals surface area contributed by atoms with Crippen LogP contribution in [-0.2, 0) is 0 Å². The minimum atomic E-state index is 0.102. The third kappa shape index (κ3) is 4.70. The van der Waals surface area contributed by atoms with Gasteiger partial charge in [-0.15, -0.1) is 11.8 Å². The van der Waals surface area contributed by atoms with E-state index >= 15 is 0 Å². The van der Waals surface area contributed by atoms with Crippen molar-refractivity contribution in [2.45, 2.75) is 11.8 Å². The lowest BCUT2D eigenvalue weighted by molar-refractivity contribution is 0.0746. The Morgan fingerprint density at radius 1 is 0.900 bits per heavy atom. The summed E-state index contributed by atoms with van der Waals surface area (Å²) in [6.45, 7) is 8.99. The van der Waals surface area contributed by atoms with E-state index in [4.69, 9.17) is 4.98 Å². The minimum absolute atomic E-state index is 0.102. The molecule has 160 valence electrons. The summed E-state index contributed by atoms with van der Waals surface area (Å²) < 4.78 is 0. The number of aromatic nitrogens is 2. The third-order valence-corrected chi connectivity index (χ3v) is 6.59. The zero-order valence-electron chi connectivity index (χ0n) is 18.0. The lowest BCUT2D eigenvalue weighted by Gasteiger charge is -2.36. The third-order valence-electron chi connectivity index (χ3n) is 5.84. The summed E-state index contributed by atoms with van der Waals surface area (Å²) in [4.78, 5) is 32.4. The Balaban J connectivity index is 1.40. The first-order valence-electron chi connectivity index (χ1n) is 10.5. The highest BCUT2D eigenvalue weighted by atomic mass is 32.2. The summed E-state index contributed by atoms with van der Waals surface area (Å²) in [6, 6.07) is 9.94. The second-order valence-corrected chi connectivity index (χ2v) is 8.85. The second kappa shape index (κ2) is 9.22. The molecule has 1 aromatic heterocycles. The summed E-state index contributed by atoms with van der Waals surface area (Å²) in [5.41, 5.74) is 1.74. The van der Waals surface area contributed by atoms with Gasteiger partial charge in [0.2, 0.25) is 5.95 Å². The quantitative estimate of drug-likeness (QED) is 0.695. The molecule has 7 nitrogen and oxygen atoms in total. The maximum atomic E-state index is 12.8. The molecule has 1 aromatic carbocycles. The highest BCUT2D eigenvalue weighted by molar-refractivity contribution is 7.98. The number of likely N-dealkylation sites (N-methyl/N-ethyl adjacent to an activating group) is 1. The van der Waals surface area contributed by atoms with Gasteiger partial charge in [-0.3, -0.25) is 4.79 Å². The molecule has 0 aliphatic carbocycles. The van der Waals surface area contributed by atoms with Gasteiger partial charge in [0.05, 0.1) is 0 Å². The molecule has 0 unspecified atom stereocenters. The van der Waals surface area contributed by atoms with E-state index in [1.807, 2.05) is 42.3 Å². The molecule has 0 radical (unpaired) electrons. The number of amides is 1. The van der Waals surface area contributed by atoms with Gasteiger partial charge in [0, 0.05) is 74.6 Å². The summed E-state index contributed by atoms with van der Waals surface area (Å²) in [6.07, 6.45) is 2.04. The van der Waals surface area contributed by atoms with Crippen molar-refractivity contribution < 1.29 is 4.79 Å². The summed E-state index contributed by atoms with van der Waals surface area (Å²) in [5.74, 6) is 1.89. The molecule has 2 aliphatic rings. The molecule has 1 amide bonds. The van der Waals surface area contributed by atoms with Gasteiger partial charge in [0.1, 0.15) is 5.82 Å².